The molecular formula is C18H19N5O3. The molecule has 0 saturated carbocycles. The second kappa shape index (κ2) is 7.64. The molecule has 8 heteroatoms. The van der Waals surface area contributed by atoms with E-state index in [9.17, 15) is 9.59 Å². The summed E-state index contributed by atoms with van der Waals surface area (Å²) in [5, 5.41) is 11.1. The summed E-state index contributed by atoms with van der Waals surface area (Å²) in [6, 6.07) is 11.3. The van der Waals surface area contributed by atoms with Crippen LogP contribution in [0.5, 0.6) is 5.75 Å². The number of para-hydroxylation sites is 1. The van der Waals surface area contributed by atoms with E-state index in [0.29, 0.717) is 18.1 Å². The predicted molar refractivity (Wildman–Crippen MR) is 95.2 cm³/mol. The quantitative estimate of drug-likeness (QED) is 0.722. The lowest BCUT2D eigenvalue weighted by atomic mass is 10.2. The Labute approximate surface area is 150 Å². The summed E-state index contributed by atoms with van der Waals surface area (Å²) in [4.78, 5) is 24.6. The van der Waals surface area contributed by atoms with Crippen molar-refractivity contribution in [2.24, 2.45) is 0 Å². The number of hydrogen-bond donors (Lipinski definition) is 1. The third-order valence-electron chi connectivity index (χ3n) is 3.94. The molecule has 0 aliphatic rings. The van der Waals surface area contributed by atoms with E-state index in [0.717, 1.165) is 10.2 Å². The van der Waals surface area contributed by atoms with Gasteiger partial charge in [0, 0.05) is 30.6 Å². The van der Waals surface area contributed by atoms with Crippen molar-refractivity contribution >= 4 is 5.91 Å². The Morgan fingerprint density at radius 3 is 2.77 bits per heavy atom. The van der Waals surface area contributed by atoms with E-state index in [2.05, 4.69) is 15.5 Å². The lowest BCUT2D eigenvalue weighted by Crippen LogP contribution is -2.37. The maximum atomic E-state index is 12.5. The van der Waals surface area contributed by atoms with Crippen molar-refractivity contribution in [3.05, 3.63) is 70.8 Å². The fraction of sp³-hybridized carbons (Fsp3) is 0.222. The second-order valence-corrected chi connectivity index (χ2v) is 5.63. The molecule has 1 aromatic carbocycles. The van der Waals surface area contributed by atoms with Gasteiger partial charge in [0.15, 0.2) is 5.82 Å². The number of hydrogen-bond acceptors (Lipinski definition) is 5. The van der Waals surface area contributed by atoms with Gasteiger partial charge in [-0.15, -0.1) is 5.10 Å². The molecule has 2 heterocycles. The van der Waals surface area contributed by atoms with Crippen LogP contribution >= 0.6 is 0 Å². The second-order valence-electron chi connectivity index (χ2n) is 5.63. The first-order valence-electron chi connectivity index (χ1n) is 8.09. The topological polar surface area (TPSA) is 91.0 Å². The summed E-state index contributed by atoms with van der Waals surface area (Å²) >= 11 is 0. The van der Waals surface area contributed by atoms with Crippen molar-refractivity contribution in [2.75, 3.05) is 7.11 Å². The van der Waals surface area contributed by atoms with Crippen molar-refractivity contribution in [1.82, 2.24) is 24.9 Å². The summed E-state index contributed by atoms with van der Waals surface area (Å²) in [6.07, 6.45) is 3.32. The molecule has 8 nitrogen and oxygen atoms in total. The average Bonchev–Trinajstić information content (AvgIpc) is 3.21. The molecule has 0 aliphatic carbocycles. The normalized spacial score (nSPS) is 11.8. The Bertz CT molecular complexity index is 949. The van der Waals surface area contributed by atoms with Crippen LogP contribution < -0.4 is 15.6 Å². The molecule has 1 atom stereocenters. The Kier molecular flexibility index (Phi) is 5.12. The van der Waals surface area contributed by atoms with E-state index < -0.39 is 6.04 Å². The van der Waals surface area contributed by atoms with Crippen LogP contribution in [-0.4, -0.2) is 32.6 Å². The lowest BCUT2D eigenvalue weighted by Gasteiger charge is -2.15. The zero-order valence-corrected chi connectivity index (χ0v) is 14.5. The molecule has 0 spiro atoms. The van der Waals surface area contributed by atoms with Crippen molar-refractivity contribution in [3.63, 3.8) is 0 Å². The largest absolute Gasteiger partial charge is 0.496 e. The molecule has 0 radical (unpaired) electrons. The average molecular weight is 353 g/mol. The molecule has 1 unspecified atom stereocenters. The SMILES string of the molecule is COc1ccccc1CNC(=O)C(C)n1nc(-n2cccn2)ccc1=O. The highest BCUT2D eigenvalue weighted by molar-refractivity contribution is 5.79. The number of carbonyl (C=O) groups is 1. The van der Waals surface area contributed by atoms with Crippen LogP contribution in [0.3, 0.4) is 0 Å². The summed E-state index contributed by atoms with van der Waals surface area (Å²) < 4.78 is 7.94. The van der Waals surface area contributed by atoms with Gasteiger partial charge in [-0.1, -0.05) is 18.2 Å². The molecule has 26 heavy (non-hydrogen) atoms. The molecule has 2 aromatic heterocycles. The fourth-order valence-electron chi connectivity index (χ4n) is 2.51. The zero-order valence-electron chi connectivity index (χ0n) is 14.5. The van der Waals surface area contributed by atoms with Gasteiger partial charge in [-0.3, -0.25) is 9.59 Å². The molecule has 134 valence electrons. The van der Waals surface area contributed by atoms with Crippen LogP contribution in [0.2, 0.25) is 0 Å². The number of amides is 1. The van der Waals surface area contributed by atoms with Gasteiger partial charge in [-0.2, -0.15) is 5.10 Å². The van der Waals surface area contributed by atoms with Crippen LogP contribution in [0, 0.1) is 0 Å². The number of benzene rings is 1. The number of ether oxygens (including phenoxy) is 1. The Balaban J connectivity index is 1.76. The van der Waals surface area contributed by atoms with E-state index in [-0.39, 0.29) is 11.5 Å². The highest BCUT2D eigenvalue weighted by Crippen LogP contribution is 2.17. The van der Waals surface area contributed by atoms with Crippen molar-refractivity contribution < 1.29 is 9.53 Å². The molecular weight excluding hydrogens is 334 g/mol. The standard InChI is InChI=1S/C18H19N5O3/c1-13(18(25)19-12-14-6-3-4-7-15(14)26-2)23-17(24)9-8-16(21-23)22-11-5-10-20-22/h3-11,13H,12H2,1-2H3,(H,19,25). The van der Waals surface area contributed by atoms with Crippen molar-refractivity contribution in [2.45, 2.75) is 19.5 Å². The lowest BCUT2D eigenvalue weighted by molar-refractivity contribution is -0.124. The Hall–Kier alpha value is -3.42. The maximum absolute atomic E-state index is 12.5. The summed E-state index contributed by atoms with van der Waals surface area (Å²) in [6.45, 7) is 1.92. The van der Waals surface area contributed by atoms with Gasteiger partial charge in [-0.05, 0) is 25.1 Å². The number of aromatic nitrogens is 4. The van der Waals surface area contributed by atoms with Crippen molar-refractivity contribution in [1.29, 1.82) is 0 Å². The number of nitrogens with zero attached hydrogens (tertiary/aromatic N) is 4. The van der Waals surface area contributed by atoms with Gasteiger partial charge in [0.1, 0.15) is 11.8 Å². The van der Waals surface area contributed by atoms with E-state index in [4.69, 9.17) is 4.74 Å². The minimum Gasteiger partial charge on any atom is -0.496 e. The zero-order chi connectivity index (χ0) is 18.5. The third-order valence-corrected chi connectivity index (χ3v) is 3.94. The first-order chi connectivity index (χ1) is 12.6. The molecule has 3 rings (SSSR count). The molecule has 0 aliphatic heterocycles. The molecule has 3 aromatic rings. The van der Waals surface area contributed by atoms with Crippen molar-refractivity contribution in [3.8, 4) is 11.6 Å². The summed E-state index contributed by atoms with van der Waals surface area (Å²) in [7, 11) is 1.58. The highest BCUT2D eigenvalue weighted by Gasteiger charge is 2.18. The van der Waals surface area contributed by atoms with E-state index in [1.54, 1.807) is 38.6 Å². The van der Waals surface area contributed by atoms with E-state index in [1.807, 2.05) is 24.3 Å². The number of carbonyl (C=O) groups excluding carboxylic acids is 1. The van der Waals surface area contributed by atoms with Crippen LogP contribution in [0.25, 0.3) is 5.82 Å². The van der Waals surface area contributed by atoms with E-state index in [1.165, 1.54) is 10.7 Å². The summed E-state index contributed by atoms with van der Waals surface area (Å²) in [5.74, 6) is 0.832. The van der Waals surface area contributed by atoms with Crippen LogP contribution in [0.1, 0.15) is 18.5 Å². The van der Waals surface area contributed by atoms with Gasteiger partial charge in [0.05, 0.1) is 7.11 Å². The Morgan fingerprint density at radius 2 is 2.04 bits per heavy atom. The smallest absolute Gasteiger partial charge is 0.267 e. The van der Waals surface area contributed by atoms with E-state index >= 15 is 0 Å². The molecule has 0 bridgehead atoms. The number of methoxy groups -OCH3 is 1. The minimum atomic E-state index is -0.771. The molecule has 0 saturated heterocycles. The van der Waals surface area contributed by atoms with Gasteiger partial charge in [-0.25, -0.2) is 9.36 Å². The molecule has 1 N–H and O–H groups in total. The first-order valence-corrected chi connectivity index (χ1v) is 8.09. The maximum Gasteiger partial charge on any atom is 0.267 e. The summed E-state index contributed by atoms with van der Waals surface area (Å²) in [5.41, 5.74) is 0.488. The monoisotopic (exact) mass is 353 g/mol. The fourth-order valence-corrected chi connectivity index (χ4v) is 2.51. The Morgan fingerprint density at radius 1 is 1.23 bits per heavy atom. The van der Waals surface area contributed by atoms with Crippen LogP contribution in [0.15, 0.2) is 59.7 Å². The van der Waals surface area contributed by atoms with Gasteiger partial charge >= 0.3 is 0 Å². The van der Waals surface area contributed by atoms with Crippen LogP contribution in [0.4, 0.5) is 0 Å². The molecule has 0 fully saturated rings. The molecule has 1 amide bonds. The van der Waals surface area contributed by atoms with Gasteiger partial charge < -0.3 is 10.1 Å². The number of rotatable bonds is 6. The number of nitrogens with one attached hydrogen (secondary N) is 1. The van der Waals surface area contributed by atoms with Gasteiger partial charge in [0.25, 0.3) is 5.56 Å². The van der Waals surface area contributed by atoms with Gasteiger partial charge in [0.2, 0.25) is 5.91 Å². The minimum absolute atomic E-state index is 0.292. The van der Waals surface area contributed by atoms with Crippen LogP contribution in [-0.2, 0) is 11.3 Å². The third kappa shape index (κ3) is 3.64. The highest BCUT2D eigenvalue weighted by atomic mass is 16.5. The predicted octanol–water partition coefficient (Wildman–Crippen LogP) is 1.31. The first kappa shape index (κ1) is 17.4.